The average Bonchev–Trinajstić information content (AvgIpc) is 3.07. The zero-order chi connectivity index (χ0) is 15.6. The molecule has 3 aromatic rings. The first-order valence-electron chi connectivity index (χ1n) is 7.74. The van der Waals surface area contributed by atoms with Crippen molar-refractivity contribution in [1.82, 2.24) is 9.78 Å². The van der Waals surface area contributed by atoms with Crippen LogP contribution >= 0.6 is 0 Å². The number of rotatable bonds is 2. The van der Waals surface area contributed by atoms with Crippen LogP contribution in [0.4, 0.5) is 0 Å². The predicted molar refractivity (Wildman–Crippen MR) is 90.6 cm³/mol. The van der Waals surface area contributed by atoms with Gasteiger partial charge in [0.25, 0.3) is 0 Å². The van der Waals surface area contributed by atoms with E-state index in [0.717, 1.165) is 40.8 Å². The second-order valence-corrected chi connectivity index (χ2v) is 5.71. The maximum absolute atomic E-state index is 12.6. The summed E-state index contributed by atoms with van der Waals surface area (Å²) in [5.41, 5.74) is 4.81. The number of allylic oxidation sites excluding steroid dienone is 1. The lowest BCUT2D eigenvalue weighted by molar-refractivity contribution is 0.102. The summed E-state index contributed by atoms with van der Waals surface area (Å²) < 4.78 is 1.83. The van der Waals surface area contributed by atoms with Gasteiger partial charge in [-0.15, -0.1) is 0 Å². The van der Waals surface area contributed by atoms with Crippen molar-refractivity contribution in [2.45, 2.75) is 12.8 Å². The zero-order valence-electron chi connectivity index (χ0n) is 12.6. The monoisotopic (exact) mass is 300 g/mol. The molecule has 23 heavy (non-hydrogen) atoms. The number of para-hydroxylation sites is 1. The van der Waals surface area contributed by atoms with Crippen LogP contribution in [0.3, 0.4) is 0 Å². The molecule has 0 unspecified atom stereocenters. The molecule has 0 atom stereocenters. The van der Waals surface area contributed by atoms with Crippen molar-refractivity contribution in [3.05, 3.63) is 89.3 Å². The van der Waals surface area contributed by atoms with Crippen molar-refractivity contribution in [3.8, 4) is 5.69 Å². The Morgan fingerprint density at radius 1 is 0.957 bits per heavy atom. The van der Waals surface area contributed by atoms with Gasteiger partial charge in [0, 0.05) is 22.9 Å². The summed E-state index contributed by atoms with van der Waals surface area (Å²) in [7, 11) is 0. The molecule has 1 aliphatic carbocycles. The molecule has 0 bridgehead atoms. The minimum Gasteiger partial charge on any atom is -0.289 e. The topological polar surface area (TPSA) is 34.9 Å². The lowest BCUT2D eigenvalue weighted by Gasteiger charge is -2.16. The number of ketones is 1. The molecule has 0 saturated carbocycles. The summed E-state index contributed by atoms with van der Waals surface area (Å²) in [5, 5.41) is 4.38. The number of hydrogen-bond donors (Lipinski definition) is 0. The van der Waals surface area contributed by atoms with Gasteiger partial charge < -0.3 is 0 Å². The summed E-state index contributed by atoms with van der Waals surface area (Å²) >= 11 is 0. The molecule has 1 heterocycles. The van der Waals surface area contributed by atoms with Crippen molar-refractivity contribution in [1.29, 1.82) is 0 Å². The second kappa shape index (κ2) is 5.69. The molecule has 0 saturated heterocycles. The van der Waals surface area contributed by atoms with Crippen molar-refractivity contribution in [3.63, 3.8) is 0 Å². The molecular weight excluding hydrogens is 284 g/mol. The third kappa shape index (κ3) is 2.61. The van der Waals surface area contributed by atoms with Crippen LogP contribution in [0, 0.1) is 0 Å². The van der Waals surface area contributed by atoms with Crippen LogP contribution in [0.5, 0.6) is 0 Å². The molecule has 0 radical (unpaired) electrons. The van der Waals surface area contributed by atoms with E-state index in [2.05, 4.69) is 5.10 Å². The van der Waals surface area contributed by atoms with E-state index in [1.165, 1.54) is 0 Å². The Kier molecular flexibility index (Phi) is 3.39. The fraction of sp³-hybridized carbons (Fsp3) is 0.100. The first-order chi connectivity index (χ1) is 11.3. The van der Waals surface area contributed by atoms with Crippen LogP contribution in [0.15, 0.2) is 72.6 Å². The molecule has 0 aliphatic heterocycles. The Hall–Kier alpha value is -2.94. The van der Waals surface area contributed by atoms with Gasteiger partial charge in [-0.1, -0.05) is 42.5 Å². The van der Waals surface area contributed by atoms with Gasteiger partial charge in [-0.3, -0.25) is 4.79 Å². The van der Waals surface area contributed by atoms with Crippen LogP contribution in [0.25, 0.3) is 11.8 Å². The standard InChI is InChI=1S/C20H16N2O/c23-20-17(11-10-16-6-4-5-9-19(16)20)12-15-13-21-22(14-15)18-7-2-1-3-8-18/h1-9,12-14H,10-11H2. The molecule has 0 spiro atoms. The Bertz CT molecular complexity index is 891. The Balaban J connectivity index is 1.65. The molecule has 3 heteroatoms. The molecule has 1 aromatic heterocycles. The number of benzene rings is 2. The van der Waals surface area contributed by atoms with Crippen LogP contribution in [-0.4, -0.2) is 15.6 Å². The molecule has 4 rings (SSSR count). The third-order valence-electron chi connectivity index (χ3n) is 4.18. The van der Waals surface area contributed by atoms with Crippen LogP contribution in [0.2, 0.25) is 0 Å². The number of carbonyl (C=O) groups is 1. The van der Waals surface area contributed by atoms with E-state index in [-0.39, 0.29) is 5.78 Å². The van der Waals surface area contributed by atoms with Gasteiger partial charge in [0.1, 0.15) is 0 Å². The highest BCUT2D eigenvalue weighted by Gasteiger charge is 2.21. The molecule has 1 aliphatic rings. The summed E-state index contributed by atoms with van der Waals surface area (Å²) in [4.78, 5) is 12.6. The van der Waals surface area contributed by atoms with E-state index >= 15 is 0 Å². The van der Waals surface area contributed by atoms with Gasteiger partial charge in [-0.05, 0) is 36.6 Å². The van der Waals surface area contributed by atoms with E-state index in [1.807, 2.05) is 71.6 Å². The highest BCUT2D eigenvalue weighted by molar-refractivity contribution is 6.13. The van der Waals surface area contributed by atoms with E-state index in [9.17, 15) is 4.79 Å². The zero-order valence-corrected chi connectivity index (χ0v) is 12.6. The lowest BCUT2D eigenvalue weighted by atomic mass is 9.86. The molecule has 2 aromatic carbocycles. The van der Waals surface area contributed by atoms with Crippen molar-refractivity contribution in [2.24, 2.45) is 0 Å². The summed E-state index contributed by atoms with van der Waals surface area (Å²) in [5.74, 6) is 0.138. The SMILES string of the molecule is O=C1C(=Cc2cnn(-c3ccccc3)c2)CCc2ccccc21. The number of carbonyl (C=O) groups excluding carboxylic acids is 1. The first kappa shape index (κ1) is 13.7. The highest BCUT2D eigenvalue weighted by Crippen LogP contribution is 2.26. The van der Waals surface area contributed by atoms with Crippen molar-refractivity contribution in [2.75, 3.05) is 0 Å². The second-order valence-electron chi connectivity index (χ2n) is 5.71. The van der Waals surface area contributed by atoms with Crippen LogP contribution < -0.4 is 0 Å². The number of aromatic nitrogens is 2. The molecule has 0 fully saturated rings. The number of fused-ring (bicyclic) bond motifs is 1. The number of Topliss-reactive ketones (excluding diaryl/α,β-unsaturated/α-hetero) is 1. The van der Waals surface area contributed by atoms with E-state index in [1.54, 1.807) is 6.20 Å². The molecule has 112 valence electrons. The van der Waals surface area contributed by atoms with Gasteiger partial charge in [0.15, 0.2) is 5.78 Å². The molecule has 0 amide bonds. The van der Waals surface area contributed by atoms with Gasteiger partial charge in [0.2, 0.25) is 0 Å². The number of aryl methyl sites for hydroxylation is 1. The smallest absolute Gasteiger partial charge is 0.189 e. The van der Waals surface area contributed by atoms with E-state index < -0.39 is 0 Å². The summed E-state index contributed by atoms with van der Waals surface area (Å²) in [6.07, 6.45) is 7.42. The van der Waals surface area contributed by atoms with E-state index in [4.69, 9.17) is 0 Å². The quantitative estimate of drug-likeness (QED) is 0.668. The van der Waals surface area contributed by atoms with E-state index in [0.29, 0.717) is 0 Å². The summed E-state index contributed by atoms with van der Waals surface area (Å²) in [6, 6.07) is 17.8. The largest absolute Gasteiger partial charge is 0.289 e. The van der Waals surface area contributed by atoms with Crippen LogP contribution in [0.1, 0.15) is 27.9 Å². The van der Waals surface area contributed by atoms with Gasteiger partial charge in [0.05, 0.1) is 11.9 Å². The lowest BCUT2D eigenvalue weighted by Crippen LogP contribution is -2.13. The van der Waals surface area contributed by atoms with Crippen molar-refractivity contribution >= 4 is 11.9 Å². The van der Waals surface area contributed by atoms with Gasteiger partial charge in [-0.25, -0.2) is 4.68 Å². The fourth-order valence-corrected chi connectivity index (χ4v) is 2.99. The number of hydrogen-bond acceptors (Lipinski definition) is 2. The summed E-state index contributed by atoms with van der Waals surface area (Å²) in [6.45, 7) is 0. The maximum atomic E-state index is 12.6. The molecular formula is C20H16N2O. The minimum absolute atomic E-state index is 0.138. The van der Waals surface area contributed by atoms with Gasteiger partial charge in [-0.2, -0.15) is 5.10 Å². The Labute approximate surface area is 134 Å². The van der Waals surface area contributed by atoms with Crippen LogP contribution in [-0.2, 0) is 6.42 Å². The first-order valence-corrected chi connectivity index (χ1v) is 7.74. The Morgan fingerprint density at radius 3 is 2.61 bits per heavy atom. The maximum Gasteiger partial charge on any atom is 0.189 e. The molecule has 3 nitrogen and oxygen atoms in total. The highest BCUT2D eigenvalue weighted by atomic mass is 16.1. The average molecular weight is 300 g/mol. The Morgan fingerprint density at radius 2 is 1.74 bits per heavy atom. The molecule has 0 N–H and O–H groups in total. The van der Waals surface area contributed by atoms with Crippen molar-refractivity contribution < 1.29 is 4.79 Å². The normalized spacial score (nSPS) is 15.7. The van der Waals surface area contributed by atoms with Gasteiger partial charge >= 0.3 is 0 Å². The minimum atomic E-state index is 0.138. The predicted octanol–water partition coefficient (Wildman–Crippen LogP) is 4.08. The fourth-order valence-electron chi connectivity index (χ4n) is 2.99. The third-order valence-corrected chi connectivity index (χ3v) is 4.18. The number of nitrogens with zero attached hydrogens (tertiary/aromatic N) is 2.